The molecule has 1 aliphatic rings. The Morgan fingerprint density at radius 2 is 1.69 bits per heavy atom. The molecule has 140 valence electrons. The van der Waals surface area contributed by atoms with Crippen LogP contribution in [0, 0.1) is 0 Å². The second-order valence-electron chi connectivity index (χ2n) is 6.13. The second kappa shape index (κ2) is 10.0. The second-order valence-corrected chi connectivity index (χ2v) is 6.13. The van der Waals surface area contributed by atoms with Crippen LogP contribution in [-0.4, -0.2) is 36.5 Å². The summed E-state index contributed by atoms with van der Waals surface area (Å²) in [7, 11) is 0. The van der Waals surface area contributed by atoms with Crippen molar-refractivity contribution < 1.29 is 14.3 Å². The van der Waals surface area contributed by atoms with Gasteiger partial charge in [0, 0.05) is 19.1 Å². The Balaban J connectivity index is 0.00000243. The maximum absolute atomic E-state index is 12.4. The number of halogens is 1. The van der Waals surface area contributed by atoms with Gasteiger partial charge >= 0.3 is 0 Å². The van der Waals surface area contributed by atoms with E-state index < -0.39 is 0 Å². The largest absolute Gasteiger partial charge is 0.485 e. The van der Waals surface area contributed by atoms with Gasteiger partial charge in [-0.05, 0) is 30.5 Å². The molecule has 1 saturated heterocycles. The van der Waals surface area contributed by atoms with Crippen molar-refractivity contribution in [2.24, 2.45) is 5.73 Å². The van der Waals surface area contributed by atoms with Crippen LogP contribution in [0.4, 0.5) is 0 Å². The molecule has 3 rings (SSSR count). The third-order valence-corrected chi connectivity index (χ3v) is 4.41. The minimum absolute atomic E-state index is 0. The van der Waals surface area contributed by atoms with Crippen molar-refractivity contribution in [1.82, 2.24) is 4.90 Å². The topological polar surface area (TPSA) is 64.8 Å². The van der Waals surface area contributed by atoms with Crippen LogP contribution in [0.5, 0.6) is 11.5 Å². The molecule has 1 amide bonds. The third kappa shape index (κ3) is 5.13. The molecule has 1 unspecified atom stereocenters. The highest BCUT2D eigenvalue weighted by molar-refractivity contribution is 5.85. The van der Waals surface area contributed by atoms with Crippen LogP contribution in [-0.2, 0) is 11.4 Å². The van der Waals surface area contributed by atoms with E-state index in [0.29, 0.717) is 24.7 Å². The fourth-order valence-corrected chi connectivity index (χ4v) is 3.06. The lowest BCUT2D eigenvalue weighted by atomic mass is 10.2. The smallest absolute Gasteiger partial charge is 0.260 e. The molecule has 5 nitrogen and oxygen atoms in total. The number of hydrogen-bond acceptors (Lipinski definition) is 4. The van der Waals surface area contributed by atoms with Crippen LogP contribution in [0.1, 0.15) is 18.4 Å². The number of nitrogens with zero attached hydrogens (tertiary/aromatic N) is 1. The number of likely N-dealkylation sites (tertiary alicyclic amines) is 1. The quantitative estimate of drug-likeness (QED) is 0.806. The Hall–Kier alpha value is -2.24. The Morgan fingerprint density at radius 3 is 2.38 bits per heavy atom. The first-order valence-electron chi connectivity index (χ1n) is 8.66. The minimum Gasteiger partial charge on any atom is -0.485 e. The summed E-state index contributed by atoms with van der Waals surface area (Å²) >= 11 is 0. The van der Waals surface area contributed by atoms with E-state index in [0.717, 1.165) is 24.9 Å². The predicted octanol–water partition coefficient (Wildman–Crippen LogP) is 3.02. The first-order valence-corrected chi connectivity index (χ1v) is 8.66. The van der Waals surface area contributed by atoms with Gasteiger partial charge in [-0.3, -0.25) is 4.79 Å². The summed E-state index contributed by atoms with van der Waals surface area (Å²) in [5.41, 5.74) is 6.81. The fourth-order valence-electron chi connectivity index (χ4n) is 3.06. The number of carbonyl (C=O) groups excluding carboxylic acids is 1. The molecule has 2 N–H and O–H groups in total. The monoisotopic (exact) mass is 376 g/mol. The van der Waals surface area contributed by atoms with Crippen molar-refractivity contribution in [2.45, 2.75) is 25.5 Å². The van der Waals surface area contributed by atoms with Gasteiger partial charge in [0.05, 0.1) is 0 Å². The molecule has 2 aromatic rings. The van der Waals surface area contributed by atoms with Crippen molar-refractivity contribution in [1.29, 1.82) is 0 Å². The molecular formula is C20H25ClN2O3. The van der Waals surface area contributed by atoms with Gasteiger partial charge in [0.15, 0.2) is 18.1 Å². The van der Waals surface area contributed by atoms with E-state index in [9.17, 15) is 4.79 Å². The van der Waals surface area contributed by atoms with Gasteiger partial charge in [-0.25, -0.2) is 0 Å². The normalized spacial score (nSPS) is 16.0. The van der Waals surface area contributed by atoms with E-state index in [1.54, 1.807) is 0 Å². The van der Waals surface area contributed by atoms with Crippen LogP contribution >= 0.6 is 12.4 Å². The number of hydrogen-bond donors (Lipinski definition) is 1. The fraction of sp³-hybridized carbons (Fsp3) is 0.350. The van der Waals surface area contributed by atoms with Crippen LogP contribution < -0.4 is 15.2 Å². The maximum Gasteiger partial charge on any atom is 0.260 e. The first kappa shape index (κ1) is 20.1. The standard InChI is InChI=1S/C20H24N2O3.ClH/c21-13-17-9-6-12-22(17)20(23)15-25-19-11-5-4-10-18(19)24-14-16-7-2-1-3-8-16;/h1-5,7-8,10-11,17H,6,9,12-15,21H2;1H. The van der Waals surface area contributed by atoms with Gasteiger partial charge < -0.3 is 20.1 Å². The van der Waals surface area contributed by atoms with Crippen molar-refractivity contribution in [3.63, 3.8) is 0 Å². The number of para-hydroxylation sites is 2. The van der Waals surface area contributed by atoms with Gasteiger partial charge in [-0.1, -0.05) is 42.5 Å². The average molecular weight is 377 g/mol. The van der Waals surface area contributed by atoms with E-state index in [1.165, 1.54) is 0 Å². The van der Waals surface area contributed by atoms with E-state index in [4.69, 9.17) is 15.2 Å². The van der Waals surface area contributed by atoms with Crippen molar-refractivity contribution in [3.05, 3.63) is 60.2 Å². The molecule has 0 aromatic heterocycles. The molecular weight excluding hydrogens is 352 g/mol. The minimum atomic E-state index is -0.0224. The maximum atomic E-state index is 12.4. The molecule has 1 fully saturated rings. The average Bonchev–Trinajstić information content (AvgIpc) is 3.15. The van der Waals surface area contributed by atoms with E-state index >= 15 is 0 Å². The molecule has 2 aromatic carbocycles. The Labute approximate surface area is 160 Å². The van der Waals surface area contributed by atoms with Crippen LogP contribution in [0.3, 0.4) is 0 Å². The van der Waals surface area contributed by atoms with Crippen molar-refractivity contribution >= 4 is 18.3 Å². The molecule has 0 spiro atoms. The summed E-state index contributed by atoms with van der Waals surface area (Å²) in [6, 6.07) is 17.5. The number of rotatable bonds is 7. The SMILES string of the molecule is Cl.NCC1CCCN1C(=O)COc1ccccc1OCc1ccccc1. The van der Waals surface area contributed by atoms with Gasteiger partial charge in [-0.2, -0.15) is 0 Å². The van der Waals surface area contributed by atoms with E-state index in [2.05, 4.69) is 0 Å². The summed E-state index contributed by atoms with van der Waals surface area (Å²) in [5, 5.41) is 0. The van der Waals surface area contributed by atoms with Crippen LogP contribution in [0.15, 0.2) is 54.6 Å². The molecule has 0 aliphatic carbocycles. The van der Waals surface area contributed by atoms with E-state index in [1.807, 2.05) is 59.5 Å². The molecule has 0 radical (unpaired) electrons. The van der Waals surface area contributed by atoms with Crippen LogP contribution in [0.2, 0.25) is 0 Å². The molecule has 0 bridgehead atoms. The summed E-state index contributed by atoms with van der Waals surface area (Å²) in [6.07, 6.45) is 1.98. The van der Waals surface area contributed by atoms with Gasteiger partial charge in [0.2, 0.25) is 0 Å². The third-order valence-electron chi connectivity index (χ3n) is 4.41. The van der Waals surface area contributed by atoms with Gasteiger partial charge in [0.25, 0.3) is 5.91 Å². The number of carbonyl (C=O) groups is 1. The summed E-state index contributed by atoms with van der Waals surface area (Å²) in [5.74, 6) is 1.19. The lowest BCUT2D eigenvalue weighted by Gasteiger charge is -2.23. The summed E-state index contributed by atoms with van der Waals surface area (Å²) < 4.78 is 11.6. The molecule has 1 atom stereocenters. The zero-order valence-corrected chi connectivity index (χ0v) is 15.5. The highest BCUT2D eigenvalue weighted by atomic mass is 35.5. The zero-order valence-electron chi connectivity index (χ0n) is 14.7. The highest BCUT2D eigenvalue weighted by Crippen LogP contribution is 2.27. The molecule has 0 saturated carbocycles. The van der Waals surface area contributed by atoms with Gasteiger partial charge in [-0.15, -0.1) is 12.4 Å². The summed E-state index contributed by atoms with van der Waals surface area (Å²) in [6.45, 7) is 1.72. The number of benzene rings is 2. The number of nitrogens with two attached hydrogens (primary N) is 1. The van der Waals surface area contributed by atoms with Crippen molar-refractivity contribution in [2.75, 3.05) is 19.7 Å². The summed E-state index contributed by atoms with van der Waals surface area (Å²) in [4.78, 5) is 14.2. The van der Waals surface area contributed by atoms with E-state index in [-0.39, 0.29) is 31.0 Å². The lowest BCUT2D eigenvalue weighted by molar-refractivity contribution is -0.134. The molecule has 26 heavy (non-hydrogen) atoms. The number of ether oxygens (including phenoxy) is 2. The Kier molecular flexibility index (Phi) is 7.75. The predicted molar refractivity (Wildman–Crippen MR) is 104 cm³/mol. The Bertz CT molecular complexity index is 696. The molecule has 1 aliphatic heterocycles. The lowest BCUT2D eigenvalue weighted by Crippen LogP contribution is -2.42. The molecule has 1 heterocycles. The number of amides is 1. The zero-order chi connectivity index (χ0) is 17.5. The molecule has 6 heteroatoms. The van der Waals surface area contributed by atoms with Gasteiger partial charge in [0.1, 0.15) is 6.61 Å². The van der Waals surface area contributed by atoms with Crippen molar-refractivity contribution in [3.8, 4) is 11.5 Å². The highest BCUT2D eigenvalue weighted by Gasteiger charge is 2.27. The first-order chi connectivity index (χ1) is 12.3. The van der Waals surface area contributed by atoms with Crippen LogP contribution in [0.25, 0.3) is 0 Å². The Morgan fingerprint density at radius 1 is 1.04 bits per heavy atom.